The van der Waals surface area contributed by atoms with Gasteiger partial charge in [0.2, 0.25) is 0 Å². The first-order valence-corrected chi connectivity index (χ1v) is 3.14. The average Bonchev–Trinajstić information content (AvgIpc) is 1.88. The molecule has 10 heavy (non-hydrogen) atoms. The van der Waals surface area contributed by atoms with Crippen molar-refractivity contribution >= 4 is 5.69 Å². The summed E-state index contributed by atoms with van der Waals surface area (Å²) in [6.07, 6.45) is 2.06. The van der Waals surface area contributed by atoms with Crippen LogP contribution in [0.5, 0.6) is 0 Å². The van der Waals surface area contributed by atoms with Crippen molar-refractivity contribution < 1.29 is 4.39 Å². The Bertz CT molecular complexity index is 235. The van der Waals surface area contributed by atoms with E-state index in [0.717, 1.165) is 0 Å². The number of nitrogens with zero attached hydrogens (tertiary/aromatic N) is 1. The van der Waals surface area contributed by atoms with Crippen LogP contribution in [-0.2, 0) is 6.42 Å². The van der Waals surface area contributed by atoms with Crippen molar-refractivity contribution in [2.45, 2.75) is 13.3 Å². The molecule has 3 heteroatoms. The minimum absolute atomic E-state index is 0.317. The Labute approximate surface area is 58.9 Å². The van der Waals surface area contributed by atoms with Gasteiger partial charge in [-0.25, -0.2) is 4.39 Å². The third-order valence-corrected chi connectivity index (χ3v) is 1.27. The van der Waals surface area contributed by atoms with Gasteiger partial charge in [0.05, 0.1) is 17.6 Å². The summed E-state index contributed by atoms with van der Waals surface area (Å²) in [7, 11) is 0. The highest BCUT2D eigenvalue weighted by atomic mass is 19.1. The van der Waals surface area contributed by atoms with Gasteiger partial charge < -0.3 is 5.73 Å². The second-order valence-corrected chi connectivity index (χ2v) is 2.05. The summed E-state index contributed by atoms with van der Waals surface area (Å²) in [5.74, 6) is -0.317. The molecule has 2 N–H and O–H groups in total. The van der Waals surface area contributed by atoms with Gasteiger partial charge in [0.1, 0.15) is 5.82 Å². The number of nitrogen functional groups attached to an aromatic ring is 1. The molecular weight excluding hydrogens is 131 g/mol. The molecule has 0 bridgehead atoms. The monoisotopic (exact) mass is 140 g/mol. The van der Waals surface area contributed by atoms with E-state index in [1.54, 1.807) is 0 Å². The third kappa shape index (κ3) is 1.23. The van der Waals surface area contributed by atoms with E-state index >= 15 is 0 Å². The fraction of sp³-hybridized carbons (Fsp3) is 0.286. The molecule has 1 aromatic rings. The molecule has 1 heterocycles. The van der Waals surface area contributed by atoms with Gasteiger partial charge in [0.25, 0.3) is 0 Å². The molecule has 0 aliphatic heterocycles. The lowest BCUT2D eigenvalue weighted by Gasteiger charge is -1.97. The van der Waals surface area contributed by atoms with Crippen molar-refractivity contribution in [3.8, 4) is 0 Å². The third-order valence-electron chi connectivity index (χ3n) is 1.27. The number of aryl methyl sites for hydroxylation is 1. The van der Waals surface area contributed by atoms with Crippen LogP contribution in [0.3, 0.4) is 0 Å². The first-order valence-electron chi connectivity index (χ1n) is 3.14. The zero-order valence-electron chi connectivity index (χ0n) is 5.76. The molecule has 0 saturated heterocycles. The van der Waals surface area contributed by atoms with Crippen LogP contribution in [-0.4, -0.2) is 4.98 Å². The minimum atomic E-state index is -0.317. The van der Waals surface area contributed by atoms with Crippen LogP contribution in [0.15, 0.2) is 12.3 Å². The summed E-state index contributed by atoms with van der Waals surface area (Å²) in [6.45, 7) is 1.85. The predicted octanol–water partition coefficient (Wildman–Crippen LogP) is 1.37. The van der Waals surface area contributed by atoms with Gasteiger partial charge in [0, 0.05) is 6.07 Å². The summed E-state index contributed by atoms with van der Waals surface area (Å²) in [6, 6.07) is 1.28. The minimum Gasteiger partial charge on any atom is -0.397 e. The van der Waals surface area contributed by atoms with Crippen molar-refractivity contribution in [2.75, 3.05) is 5.73 Å². The number of halogens is 1. The number of rotatable bonds is 1. The predicted molar refractivity (Wildman–Crippen MR) is 38.0 cm³/mol. The summed E-state index contributed by atoms with van der Waals surface area (Å²) < 4.78 is 12.7. The van der Waals surface area contributed by atoms with E-state index in [4.69, 9.17) is 5.73 Å². The van der Waals surface area contributed by atoms with Crippen molar-refractivity contribution in [1.29, 1.82) is 0 Å². The standard InChI is InChI=1S/C7H9FN2/c1-2-7-6(8)3-5(9)4-10-7/h3-4H,2,9H2,1H3. The second-order valence-electron chi connectivity index (χ2n) is 2.05. The smallest absolute Gasteiger partial charge is 0.146 e. The van der Waals surface area contributed by atoms with Crippen molar-refractivity contribution in [3.05, 3.63) is 23.8 Å². The molecule has 0 aliphatic carbocycles. The molecule has 2 nitrogen and oxygen atoms in total. The van der Waals surface area contributed by atoms with Crippen LogP contribution in [0.2, 0.25) is 0 Å². The van der Waals surface area contributed by atoms with Gasteiger partial charge in [0.15, 0.2) is 0 Å². The fourth-order valence-corrected chi connectivity index (χ4v) is 0.741. The van der Waals surface area contributed by atoms with Crippen molar-refractivity contribution in [2.24, 2.45) is 0 Å². The van der Waals surface area contributed by atoms with E-state index in [2.05, 4.69) is 4.98 Å². The Hall–Kier alpha value is -1.12. The lowest BCUT2D eigenvalue weighted by molar-refractivity contribution is 0.602. The zero-order chi connectivity index (χ0) is 7.56. The highest BCUT2D eigenvalue weighted by Gasteiger charge is 1.99. The van der Waals surface area contributed by atoms with E-state index in [1.165, 1.54) is 12.3 Å². The number of nitrogens with two attached hydrogens (primary N) is 1. The van der Waals surface area contributed by atoms with Gasteiger partial charge in [-0.15, -0.1) is 0 Å². The first kappa shape index (κ1) is 6.99. The van der Waals surface area contributed by atoms with Crippen LogP contribution >= 0.6 is 0 Å². The molecule has 0 aromatic carbocycles. The maximum atomic E-state index is 12.7. The molecule has 0 amide bonds. The normalized spacial score (nSPS) is 9.80. The quantitative estimate of drug-likeness (QED) is 0.639. The summed E-state index contributed by atoms with van der Waals surface area (Å²) >= 11 is 0. The average molecular weight is 140 g/mol. The molecule has 0 atom stereocenters. The molecule has 1 rings (SSSR count). The maximum Gasteiger partial charge on any atom is 0.146 e. The summed E-state index contributed by atoms with van der Waals surface area (Å²) in [4.78, 5) is 3.80. The van der Waals surface area contributed by atoms with Gasteiger partial charge >= 0.3 is 0 Å². The Kier molecular flexibility index (Phi) is 1.85. The Morgan fingerprint density at radius 1 is 1.70 bits per heavy atom. The molecule has 0 saturated carbocycles. The SMILES string of the molecule is CCc1ncc(N)cc1F. The lowest BCUT2D eigenvalue weighted by Crippen LogP contribution is -1.95. The fourth-order valence-electron chi connectivity index (χ4n) is 0.741. The lowest BCUT2D eigenvalue weighted by atomic mass is 10.3. The number of hydrogen-bond acceptors (Lipinski definition) is 2. The van der Waals surface area contributed by atoms with Gasteiger partial charge in [-0.1, -0.05) is 6.92 Å². The first-order chi connectivity index (χ1) is 4.74. The van der Waals surface area contributed by atoms with E-state index < -0.39 is 0 Å². The maximum absolute atomic E-state index is 12.7. The highest BCUT2D eigenvalue weighted by molar-refractivity contribution is 5.35. The molecule has 54 valence electrons. The summed E-state index contributed by atoms with van der Waals surface area (Å²) in [5, 5.41) is 0. The van der Waals surface area contributed by atoms with Crippen LogP contribution in [0.25, 0.3) is 0 Å². The van der Waals surface area contributed by atoms with Crippen molar-refractivity contribution in [3.63, 3.8) is 0 Å². The van der Waals surface area contributed by atoms with Crippen LogP contribution in [0.4, 0.5) is 10.1 Å². The van der Waals surface area contributed by atoms with E-state index in [1.807, 2.05) is 6.92 Å². The molecule has 0 radical (unpaired) electrons. The van der Waals surface area contributed by atoms with Gasteiger partial charge in [-0.2, -0.15) is 0 Å². The summed E-state index contributed by atoms with van der Waals surface area (Å²) in [5.41, 5.74) is 6.12. The largest absolute Gasteiger partial charge is 0.397 e. The molecule has 0 fully saturated rings. The molecule has 0 spiro atoms. The Balaban J connectivity index is 3.07. The number of aromatic nitrogens is 1. The molecule has 0 aliphatic rings. The van der Waals surface area contributed by atoms with Crippen LogP contribution in [0.1, 0.15) is 12.6 Å². The second kappa shape index (κ2) is 2.64. The van der Waals surface area contributed by atoms with E-state index in [9.17, 15) is 4.39 Å². The highest BCUT2D eigenvalue weighted by Crippen LogP contribution is 2.07. The van der Waals surface area contributed by atoms with Crippen LogP contribution in [0, 0.1) is 5.82 Å². The van der Waals surface area contributed by atoms with E-state index in [-0.39, 0.29) is 5.82 Å². The topological polar surface area (TPSA) is 38.9 Å². The Morgan fingerprint density at radius 3 is 2.90 bits per heavy atom. The van der Waals surface area contributed by atoms with Gasteiger partial charge in [-0.05, 0) is 6.42 Å². The number of hydrogen-bond donors (Lipinski definition) is 1. The molecule has 1 aromatic heterocycles. The van der Waals surface area contributed by atoms with Crippen molar-refractivity contribution in [1.82, 2.24) is 4.98 Å². The Morgan fingerprint density at radius 2 is 2.40 bits per heavy atom. The molecular formula is C7H9FN2. The number of anilines is 1. The number of pyridine rings is 1. The van der Waals surface area contributed by atoms with E-state index in [0.29, 0.717) is 17.8 Å². The molecule has 0 unspecified atom stereocenters. The van der Waals surface area contributed by atoms with Crippen LogP contribution < -0.4 is 5.73 Å². The van der Waals surface area contributed by atoms with Gasteiger partial charge in [-0.3, -0.25) is 4.98 Å². The zero-order valence-corrected chi connectivity index (χ0v) is 5.76.